The molecular weight excluding hydrogens is 439 g/mol. The van der Waals surface area contributed by atoms with E-state index >= 15 is 0 Å². The summed E-state index contributed by atoms with van der Waals surface area (Å²) < 4.78 is 0. The Kier molecular flexibility index (Phi) is 4.77. The van der Waals surface area contributed by atoms with Crippen LogP contribution in [0.2, 0.25) is 10.0 Å². The Balaban J connectivity index is 1.66. The Morgan fingerprint density at radius 1 is 0.867 bits per heavy atom. The van der Waals surface area contributed by atoms with E-state index in [1.165, 1.54) is 11.8 Å². The number of amides is 2. The first-order valence-corrected chi connectivity index (χ1v) is 11.1. The Labute approximate surface area is 188 Å². The van der Waals surface area contributed by atoms with E-state index in [0.29, 0.717) is 21.3 Å². The number of hydrogen-bond donors (Lipinski definition) is 0. The van der Waals surface area contributed by atoms with Crippen molar-refractivity contribution in [1.29, 1.82) is 0 Å². The molecule has 7 heteroatoms. The molecule has 1 atom stereocenters. The molecule has 4 nitrogen and oxygen atoms in total. The van der Waals surface area contributed by atoms with Gasteiger partial charge in [0.25, 0.3) is 5.91 Å². The average Bonchev–Trinajstić information content (AvgIpc) is 3.22. The molecule has 5 rings (SSSR count). The third kappa shape index (κ3) is 2.77. The second-order valence-electron chi connectivity index (χ2n) is 7.11. The van der Waals surface area contributed by atoms with Gasteiger partial charge in [-0.25, -0.2) is 0 Å². The van der Waals surface area contributed by atoms with E-state index in [2.05, 4.69) is 0 Å². The van der Waals surface area contributed by atoms with Crippen LogP contribution in [0.15, 0.2) is 72.8 Å². The normalized spacial score (nSPS) is 20.3. The van der Waals surface area contributed by atoms with Gasteiger partial charge in [-0.1, -0.05) is 65.7 Å². The number of halogens is 2. The summed E-state index contributed by atoms with van der Waals surface area (Å²) in [6.45, 7) is 0.230. The lowest BCUT2D eigenvalue weighted by Crippen LogP contribution is -2.49. The van der Waals surface area contributed by atoms with Crippen LogP contribution < -0.4 is 9.80 Å². The molecule has 1 saturated heterocycles. The van der Waals surface area contributed by atoms with Crippen molar-refractivity contribution in [2.45, 2.75) is 11.4 Å². The number of fused-ring (bicyclic) bond motifs is 2. The summed E-state index contributed by atoms with van der Waals surface area (Å²) in [4.78, 5) is 29.1. The summed E-state index contributed by atoms with van der Waals surface area (Å²) in [6.07, 6.45) is 0. The SMILES string of the molecule is O=C1CS[C@@]2(C(=O)N(Cc3c(Cl)cccc3Cl)c3ccccc32)N1c1ccccc1. The van der Waals surface area contributed by atoms with E-state index in [0.717, 1.165) is 11.3 Å². The molecule has 0 aromatic heterocycles. The van der Waals surface area contributed by atoms with Crippen LogP contribution in [0.1, 0.15) is 11.1 Å². The van der Waals surface area contributed by atoms with Crippen LogP contribution in [0.4, 0.5) is 11.4 Å². The lowest BCUT2D eigenvalue weighted by atomic mass is 10.0. The van der Waals surface area contributed by atoms with Crippen LogP contribution in [0.5, 0.6) is 0 Å². The van der Waals surface area contributed by atoms with E-state index in [4.69, 9.17) is 23.2 Å². The highest BCUT2D eigenvalue weighted by Crippen LogP contribution is 2.56. The van der Waals surface area contributed by atoms with Crippen molar-refractivity contribution in [3.63, 3.8) is 0 Å². The van der Waals surface area contributed by atoms with Crippen LogP contribution in [0.3, 0.4) is 0 Å². The molecule has 0 radical (unpaired) electrons. The first-order chi connectivity index (χ1) is 14.5. The van der Waals surface area contributed by atoms with Crippen molar-refractivity contribution in [2.24, 2.45) is 0 Å². The lowest BCUT2D eigenvalue weighted by molar-refractivity contribution is -0.123. The Hall–Kier alpha value is -2.47. The quantitative estimate of drug-likeness (QED) is 0.526. The van der Waals surface area contributed by atoms with Crippen molar-refractivity contribution in [3.05, 3.63) is 94.0 Å². The fraction of sp³-hybridized carbons (Fsp3) is 0.130. The van der Waals surface area contributed by atoms with E-state index < -0.39 is 4.87 Å². The topological polar surface area (TPSA) is 40.6 Å². The van der Waals surface area contributed by atoms with Gasteiger partial charge in [-0.15, -0.1) is 11.8 Å². The highest BCUT2D eigenvalue weighted by molar-refractivity contribution is 8.02. The van der Waals surface area contributed by atoms with Gasteiger partial charge in [-0.05, 0) is 30.3 Å². The van der Waals surface area contributed by atoms with Crippen molar-refractivity contribution in [2.75, 3.05) is 15.6 Å². The molecular formula is C23H16Cl2N2O2S. The summed E-state index contributed by atoms with van der Waals surface area (Å²) in [5, 5.41) is 1.01. The van der Waals surface area contributed by atoms with E-state index in [1.807, 2.05) is 54.6 Å². The maximum Gasteiger partial charge on any atom is 0.269 e. The summed E-state index contributed by atoms with van der Waals surface area (Å²) in [5.41, 5.74) is 2.95. The molecule has 2 heterocycles. The molecule has 3 aromatic rings. The van der Waals surface area contributed by atoms with E-state index in [1.54, 1.807) is 28.0 Å². The fourth-order valence-electron chi connectivity index (χ4n) is 4.13. The van der Waals surface area contributed by atoms with E-state index in [9.17, 15) is 9.59 Å². The van der Waals surface area contributed by atoms with Crippen molar-refractivity contribution < 1.29 is 9.59 Å². The largest absolute Gasteiger partial charge is 0.304 e. The first kappa shape index (κ1) is 19.5. The Morgan fingerprint density at radius 3 is 2.27 bits per heavy atom. The molecule has 2 aliphatic rings. The second-order valence-corrected chi connectivity index (χ2v) is 9.09. The lowest BCUT2D eigenvalue weighted by Gasteiger charge is -2.33. The molecule has 150 valence electrons. The molecule has 0 saturated carbocycles. The summed E-state index contributed by atoms with van der Waals surface area (Å²) in [5.74, 6) is -0.0262. The molecule has 3 aromatic carbocycles. The van der Waals surface area contributed by atoms with Crippen molar-refractivity contribution in [3.8, 4) is 0 Å². The summed E-state index contributed by atoms with van der Waals surface area (Å²) in [6, 6.07) is 22.2. The zero-order valence-electron chi connectivity index (χ0n) is 15.7. The molecule has 2 amide bonds. The molecule has 30 heavy (non-hydrogen) atoms. The van der Waals surface area contributed by atoms with Crippen LogP contribution in [0, 0.1) is 0 Å². The van der Waals surface area contributed by atoms with Gasteiger partial charge < -0.3 is 4.90 Å². The van der Waals surface area contributed by atoms with Crippen LogP contribution in [0.25, 0.3) is 0 Å². The molecule has 1 fully saturated rings. The number of benzene rings is 3. The van der Waals surface area contributed by atoms with Gasteiger partial charge in [0, 0.05) is 26.9 Å². The monoisotopic (exact) mass is 454 g/mol. The minimum atomic E-state index is -1.14. The van der Waals surface area contributed by atoms with Gasteiger partial charge in [0.05, 0.1) is 18.0 Å². The van der Waals surface area contributed by atoms with Crippen LogP contribution in [-0.2, 0) is 21.0 Å². The van der Waals surface area contributed by atoms with Gasteiger partial charge >= 0.3 is 0 Å². The molecule has 1 spiro atoms. The van der Waals surface area contributed by atoms with Gasteiger partial charge in [0.1, 0.15) is 0 Å². The average molecular weight is 455 g/mol. The number of hydrogen-bond acceptors (Lipinski definition) is 3. The van der Waals surface area contributed by atoms with Gasteiger partial charge in [-0.2, -0.15) is 0 Å². The van der Waals surface area contributed by atoms with Crippen LogP contribution in [-0.4, -0.2) is 17.6 Å². The number of nitrogens with zero attached hydrogens (tertiary/aromatic N) is 2. The van der Waals surface area contributed by atoms with E-state index in [-0.39, 0.29) is 24.1 Å². The summed E-state index contributed by atoms with van der Waals surface area (Å²) in [7, 11) is 0. The second kappa shape index (κ2) is 7.34. The molecule has 0 aliphatic carbocycles. The molecule has 0 unspecified atom stereocenters. The van der Waals surface area contributed by atoms with Gasteiger partial charge in [-0.3, -0.25) is 14.5 Å². The predicted molar refractivity (Wildman–Crippen MR) is 122 cm³/mol. The fourth-order valence-corrected chi connectivity index (χ4v) is 6.01. The van der Waals surface area contributed by atoms with Gasteiger partial charge in [0.2, 0.25) is 10.8 Å². The van der Waals surface area contributed by atoms with Crippen molar-refractivity contribution >= 4 is 58.2 Å². The maximum atomic E-state index is 14.0. The van der Waals surface area contributed by atoms with Crippen LogP contribution >= 0.6 is 35.0 Å². The number of carbonyl (C=O) groups is 2. The standard InChI is InChI=1S/C23H16Cl2N2O2S/c24-18-10-6-11-19(25)16(18)13-26-20-12-5-4-9-17(20)23(22(26)29)27(21(28)14-30-23)15-7-2-1-3-8-15/h1-12H,13-14H2/t23-/m0/s1. The molecule has 0 N–H and O–H groups in total. The Morgan fingerprint density at radius 2 is 1.53 bits per heavy atom. The number of rotatable bonds is 3. The minimum absolute atomic E-state index is 0.0908. The smallest absolute Gasteiger partial charge is 0.269 e. The van der Waals surface area contributed by atoms with Gasteiger partial charge in [0.15, 0.2) is 0 Å². The third-order valence-electron chi connectivity index (χ3n) is 5.46. The highest BCUT2D eigenvalue weighted by atomic mass is 35.5. The first-order valence-electron chi connectivity index (χ1n) is 9.40. The molecule has 0 bridgehead atoms. The maximum absolute atomic E-state index is 14.0. The number of para-hydroxylation sites is 2. The predicted octanol–water partition coefficient (Wildman–Crippen LogP) is 5.47. The highest BCUT2D eigenvalue weighted by Gasteiger charge is 2.60. The molecule has 2 aliphatic heterocycles. The minimum Gasteiger partial charge on any atom is -0.304 e. The summed E-state index contributed by atoms with van der Waals surface area (Å²) >= 11 is 14.1. The van der Waals surface area contributed by atoms with Crippen molar-refractivity contribution in [1.82, 2.24) is 0 Å². The number of anilines is 2. The number of thioether (sulfide) groups is 1. The third-order valence-corrected chi connectivity index (χ3v) is 7.55. The zero-order valence-corrected chi connectivity index (χ0v) is 18.0. The Bertz CT molecular complexity index is 1150. The number of carbonyl (C=O) groups excluding carboxylic acids is 2. The zero-order chi connectivity index (χ0) is 20.9.